The number of hydrogen-bond donors (Lipinski definition) is 1. The molecule has 1 aliphatic heterocycles. The minimum Gasteiger partial charge on any atom is -0.339 e. The van der Waals surface area contributed by atoms with Gasteiger partial charge in [0.1, 0.15) is 0 Å². The van der Waals surface area contributed by atoms with Crippen molar-refractivity contribution in [1.29, 1.82) is 0 Å². The highest BCUT2D eigenvalue weighted by atomic mass is 16.2. The summed E-state index contributed by atoms with van der Waals surface area (Å²) in [6.07, 6.45) is 10.8. The quantitative estimate of drug-likeness (QED) is 0.616. The Morgan fingerprint density at radius 1 is 1.11 bits per heavy atom. The van der Waals surface area contributed by atoms with Crippen LogP contribution in [-0.2, 0) is 4.79 Å². The Morgan fingerprint density at radius 2 is 1.79 bits per heavy atom. The van der Waals surface area contributed by atoms with Crippen molar-refractivity contribution >= 4 is 5.91 Å². The molecule has 1 aliphatic rings. The largest absolute Gasteiger partial charge is 0.339 e. The number of carbonyl (C=O) groups excluding carboxylic acids is 1. The fraction of sp³-hybridized carbons (Fsp3) is 0.938. The lowest BCUT2D eigenvalue weighted by molar-refractivity contribution is -0.133. The van der Waals surface area contributed by atoms with Crippen molar-refractivity contribution in [3.05, 3.63) is 0 Å². The van der Waals surface area contributed by atoms with Crippen LogP contribution < -0.4 is 5.32 Å². The van der Waals surface area contributed by atoms with Gasteiger partial charge in [-0.25, -0.2) is 0 Å². The van der Waals surface area contributed by atoms with E-state index in [4.69, 9.17) is 0 Å². The first-order chi connectivity index (χ1) is 9.29. The summed E-state index contributed by atoms with van der Waals surface area (Å²) < 4.78 is 0. The van der Waals surface area contributed by atoms with Gasteiger partial charge in [-0.1, -0.05) is 45.4 Å². The van der Waals surface area contributed by atoms with Crippen LogP contribution in [-0.4, -0.2) is 36.5 Å². The molecule has 0 aliphatic carbocycles. The van der Waals surface area contributed by atoms with Crippen molar-refractivity contribution in [2.45, 2.75) is 77.7 Å². The van der Waals surface area contributed by atoms with Crippen LogP contribution in [0, 0.1) is 0 Å². The van der Waals surface area contributed by atoms with Crippen molar-refractivity contribution in [1.82, 2.24) is 10.2 Å². The lowest BCUT2D eigenvalue weighted by atomic mass is 10.1. The molecule has 1 atom stereocenters. The predicted molar refractivity (Wildman–Crippen MR) is 81.3 cm³/mol. The number of nitrogens with zero attached hydrogens (tertiary/aromatic N) is 1. The Morgan fingerprint density at radius 3 is 2.37 bits per heavy atom. The third-order valence-corrected chi connectivity index (χ3v) is 4.13. The van der Waals surface area contributed by atoms with E-state index in [-0.39, 0.29) is 0 Å². The summed E-state index contributed by atoms with van der Waals surface area (Å²) in [6.45, 7) is 7.25. The van der Waals surface area contributed by atoms with Gasteiger partial charge in [-0.2, -0.15) is 0 Å². The smallest absolute Gasteiger partial charge is 0.222 e. The first-order valence-electron chi connectivity index (χ1n) is 8.29. The normalized spacial score (nSPS) is 18.7. The van der Waals surface area contributed by atoms with Crippen LogP contribution in [0.15, 0.2) is 0 Å². The predicted octanol–water partition coefficient (Wildman–Crippen LogP) is 3.34. The Bertz CT molecular complexity index is 237. The number of likely N-dealkylation sites (N-methyl/N-ethyl adjacent to an activating group) is 1. The van der Waals surface area contributed by atoms with E-state index in [1.54, 1.807) is 0 Å². The van der Waals surface area contributed by atoms with E-state index >= 15 is 0 Å². The maximum Gasteiger partial charge on any atom is 0.222 e. The number of hydrogen-bond acceptors (Lipinski definition) is 2. The van der Waals surface area contributed by atoms with Gasteiger partial charge in [0, 0.05) is 25.6 Å². The standard InChI is InChI=1S/C16H32N2O/c1-3-5-6-7-8-9-10-11-16(19)18(4-2)15-12-13-17-14-15/h15,17H,3-14H2,1-2H3. The molecule has 3 nitrogen and oxygen atoms in total. The third kappa shape index (κ3) is 6.42. The lowest BCUT2D eigenvalue weighted by Crippen LogP contribution is -2.41. The maximum atomic E-state index is 12.2. The van der Waals surface area contributed by atoms with Crippen LogP contribution in [0.2, 0.25) is 0 Å². The Kier molecular flexibility index (Phi) is 8.89. The van der Waals surface area contributed by atoms with Crippen LogP contribution in [0.4, 0.5) is 0 Å². The van der Waals surface area contributed by atoms with Gasteiger partial charge in [0.2, 0.25) is 5.91 Å². The van der Waals surface area contributed by atoms with E-state index in [9.17, 15) is 4.79 Å². The van der Waals surface area contributed by atoms with Gasteiger partial charge in [-0.05, 0) is 26.3 Å². The summed E-state index contributed by atoms with van der Waals surface area (Å²) in [6, 6.07) is 0.446. The molecule has 19 heavy (non-hydrogen) atoms. The zero-order valence-corrected chi connectivity index (χ0v) is 12.9. The zero-order chi connectivity index (χ0) is 13.9. The van der Waals surface area contributed by atoms with Crippen molar-refractivity contribution in [2.75, 3.05) is 19.6 Å². The van der Waals surface area contributed by atoms with Crippen LogP contribution >= 0.6 is 0 Å². The fourth-order valence-electron chi connectivity index (χ4n) is 2.92. The fourth-order valence-corrected chi connectivity index (χ4v) is 2.92. The Hall–Kier alpha value is -0.570. The molecule has 1 saturated heterocycles. The molecule has 0 saturated carbocycles. The van der Waals surface area contributed by atoms with E-state index in [1.165, 1.54) is 38.5 Å². The van der Waals surface area contributed by atoms with Crippen molar-refractivity contribution in [2.24, 2.45) is 0 Å². The van der Waals surface area contributed by atoms with Crippen molar-refractivity contribution < 1.29 is 4.79 Å². The first-order valence-corrected chi connectivity index (χ1v) is 8.29. The third-order valence-electron chi connectivity index (χ3n) is 4.13. The van der Waals surface area contributed by atoms with Gasteiger partial charge < -0.3 is 10.2 Å². The lowest BCUT2D eigenvalue weighted by Gasteiger charge is -2.27. The first kappa shape index (κ1) is 16.5. The Balaban J connectivity index is 2.08. The highest BCUT2D eigenvalue weighted by Gasteiger charge is 2.24. The summed E-state index contributed by atoms with van der Waals surface area (Å²) in [5, 5.41) is 3.34. The van der Waals surface area contributed by atoms with Gasteiger partial charge in [0.25, 0.3) is 0 Å². The average Bonchev–Trinajstić information content (AvgIpc) is 2.92. The maximum absolute atomic E-state index is 12.2. The monoisotopic (exact) mass is 268 g/mol. The van der Waals surface area contributed by atoms with Gasteiger partial charge in [0.15, 0.2) is 0 Å². The number of carbonyl (C=O) groups is 1. The van der Waals surface area contributed by atoms with Crippen LogP contribution in [0.3, 0.4) is 0 Å². The number of amides is 1. The van der Waals surface area contributed by atoms with E-state index in [1.807, 2.05) is 0 Å². The molecule has 0 aromatic rings. The topological polar surface area (TPSA) is 32.3 Å². The molecule has 1 heterocycles. The molecule has 1 unspecified atom stereocenters. The number of unbranched alkanes of at least 4 members (excludes halogenated alkanes) is 6. The molecule has 0 radical (unpaired) electrons. The van der Waals surface area contributed by atoms with Gasteiger partial charge >= 0.3 is 0 Å². The Labute approximate surface area is 119 Å². The molecule has 3 heteroatoms. The molecule has 1 N–H and O–H groups in total. The van der Waals surface area contributed by atoms with Gasteiger partial charge in [-0.3, -0.25) is 4.79 Å². The zero-order valence-electron chi connectivity index (χ0n) is 12.9. The molecule has 0 spiro atoms. The summed E-state index contributed by atoms with van der Waals surface area (Å²) in [5.74, 6) is 0.366. The molecule has 112 valence electrons. The second-order valence-corrected chi connectivity index (χ2v) is 5.70. The summed E-state index contributed by atoms with van der Waals surface area (Å²) in [7, 11) is 0. The van der Waals surface area contributed by atoms with Crippen LogP contribution in [0.5, 0.6) is 0 Å². The van der Waals surface area contributed by atoms with Crippen molar-refractivity contribution in [3.63, 3.8) is 0 Å². The second-order valence-electron chi connectivity index (χ2n) is 5.70. The summed E-state index contributed by atoms with van der Waals surface area (Å²) in [5.41, 5.74) is 0. The van der Waals surface area contributed by atoms with Gasteiger partial charge in [-0.15, -0.1) is 0 Å². The molecular formula is C16H32N2O. The van der Waals surface area contributed by atoms with E-state index in [0.29, 0.717) is 11.9 Å². The highest BCUT2D eigenvalue weighted by Crippen LogP contribution is 2.13. The molecule has 0 aromatic carbocycles. The SMILES string of the molecule is CCCCCCCCCC(=O)N(CC)C1CCNC1. The van der Waals surface area contributed by atoms with Crippen molar-refractivity contribution in [3.8, 4) is 0 Å². The number of nitrogens with one attached hydrogen (secondary N) is 1. The van der Waals surface area contributed by atoms with Crippen LogP contribution in [0.1, 0.15) is 71.6 Å². The molecular weight excluding hydrogens is 236 g/mol. The van der Waals surface area contributed by atoms with E-state index < -0.39 is 0 Å². The molecule has 1 rings (SSSR count). The molecule has 1 amide bonds. The summed E-state index contributed by atoms with van der Waals surface area (Å²) in [4.78, 5) is 14.3. The minimum atomic E-state index is 0.366. The molecule has 0 aromatic heterocycles. The average molecular weight is 268 g/mol. The minimum absolute atomic E-state index is 0.366. The summed E-state index contributed by atoms with van der Waals surface area (Å²) >= 11 is 0. The number of rotatable bonds is 10. The van der Waals surface area contributed by atoms with E-state index in [0.717, 1.165) is 38.9 Å². The molecule has 1 fully saturated rings. The van der Waals surface area contributed by atoms with Gasteiger partial charge in [0.05, 0.1) is 0 Å². The van der Waals surface area contributed by atoms with E-state index in [2.05, 4.69) is 24.1 Å². The highest BCUT2D eigenvalue weighted by molar-refractivity contribution is 5.76. The second kappa shape index (κ2) is 10.2. The molecule has 0 bridgehead atoms. The van der Waals surface area contributed by atoms with Crippen LogP contribution in [0.25, 0.3) is 0 Å².